The van der Waals surface area contributed by atoms with Crippen molar-refractivity contribution < 1.29 is 22.4 Å². The maximum Gasteiger partial charge on any atom is 0.416 e. The van der Waals surface area contributed by atoms with Gasteiger partial charge in [0.15, 0.2) is 0 Å². The maximum atomic E-state index is 14.6. The third-order valence-electron chi connectivity index (χ3n) is 5.37. The summed E-state index contributed by atoms with van der Waals surface area (Å²) in [6.07, 6.45) is -2.89. The number of halogens is 4. The minimum Gasteiger partial charge on any atom is -0.366 e. The van der Waals surface area contributed by atoms with E-state index in [9.17, 15) is 22.4 Å². The molecule has 0 atom stereocenters. The van der Waals surface area contributed by atoms with Crippen LogP contribution in [-0.4, -0.2) is 10.5 Å². The van der Waals surface area contributed by atoms with Gasteiger partial charge in [0, 0.05) is 21.9 Å². The molecule has 1 heterocycles. The minimum atomic E-state index is -4.62. The summed E-state index contributed by atoms with van der Waals surface area (Å²) in [5.41, 5.74) is 7.32. The number of amides is 1. The number of carbonyl (C=O) groups is 1. The van der Waals surface area contributed by atoms with Crippen molar-refractivity contribution in [3.8, 4) is 0 Å². The molecule has 1 radical (unpaired) electrons. The molecular weight excluding hydrogens is 408 g/mol. The summed E-state index contributed by atoms with van der Waals surface area (Å²) < 4.78 is 55.1. The fourth-order valence-electron chi connectivity index (χ4n) is 3.93. The Hall–Kier alpha value is -3.35. The number of aryl methyl sites for hydroxylation is 1. The molecule has 0 aliphatic carbocycles. The van der Waals surface area contributed by atoms with Gasteiger partial charge in [0.2, 0.25) is 5.91 Å². The molecule has 0 saturated carbocycles. The zero-order chi connectivity index (χ0) is 22.3. The third-order valence-corrected chi connectivity index (χ3v) is 5.37. The number of alkyl halides is 3. The zero-order valence-electron chi connectivity index (χ0n) is 16.7. The van der Waals surface area contributed by atoms with Crippen LogP contribution in [0, 0.1) is 11.9 Å². The van der Waals surface area contributed by atoms with Crippen LogP contribution in [0.15, 0.2) is 48.5 Å². The van der Waals surface area contributed by atoms with Crippen molar-refractivity contribution in [2.45, 2.75) is 32.5 Å². The summed E-state index contributed by atoms with van der Waals surface area (Å²) in [5, 5.41) is 1.26. The summed E-state index contributed by atoms with van der Waals surface area (Å²) in [5.74, 6) is -1.54. The molecule has 0 aliphatic heterocycles. The molecule has 159 valence electrons. The Labute approximate surface area is 176 Å². The number of nitrogens with two attached hydrogens (primary N) is 1. The average molecular weight is 427 g/mol. The molecule has 1 aromatic heterocycles. The van der Waals surface area contributed by atoms with E-state index in [0.29, 0.717) is 33.4 Å². The predicted octanol–water partition coefficient (Wildman–Crippen LogP) is 5.85. The first kappa shape index (κ1) is 20.9. The second-order valence-electron chi connectivity index (χ2n) is 7.47. The lowest BCUT2D eigenvalue weighted by atomic mass is 10.0. The molecule has 31 heavy (non-hydrogen) atoms. The van der Waals surface area contributed by atoms with Crippen LogP contribution in [0.2, 0.25) is 0 Å². The highest BCUT2D eigenvalue weighted by Crippen LogP contribution is 2.34. The molecule has 0 saturated heterocycles. The van der Waals surface area contributed by atoms with Crippen molar-refractivity contribution in [1.82, 2.24) is 4.57 Å². The van der Waals surface area contributed by atoms with Gasteiger partial charge in [-0.25, -0.2) is 4.39 Å². The van der Waals surface area contributed by atoms with Gasteiger partial charge in [-0.15, -0.1) is 0 Å². The molecule has 0 fully saturated rings. The number of benzene rings is 3. The van der Waals surface area contributed by atoms with Gasteiger partial charge in [0.05, 0.1) is 23.1 Å². The number of nitrogens with zero attached hydrogens (tertiary/aromatic N) is 1. The van der Waals surface area contributed by atoms with Gasteiger partial charge < -0.3 is 10.3 Å². The van der Waals surface area contributed by atoms with E-state index in [0.717, 1.165) is 30.5 Å². The van der Waals surface area contributed by atoms with E-state index in [-0.39, 0.29) is 12.1 Å². The lowest BCUT2D eigenvalue weighted by molar-refractivity contribution is -0.137. The van der Waals surface area contributed by atoms with Gasteiger partial charge in [-0.1, -0.05) is 31.5 Å². The van der Waals surface area contributed by atoms with E-state index in [1.807, 2.05) is 19.1 Å². The Bertz CT molecular complexity index is 1300. The second-order valence-corrected chi connectivity index (χ2v) is 7.47. The topological polar surface area (TPSA) is 48.0 Å². The molecule has 3 aromatic carbocycles. The Morgan fingerprint density at radius 2 is 1.90 bits per heavy atom. The molecule has 3 nitrogen and oxygen atoms in total. The number of rotatable bonds is 5. The number of aromatic nitrogens is 1. The van der Waals surface area contributed by atoms with E-state index < -0.39 is 23.5 Å². The largest absolute Gasteiger partial charge is 0.416 e. The highest BCUT2D eigenvalue weighted by molar-refractivity contribution is 6.17. The molecule has 2 N–H and O–H groups in total. The van der Waals surface area contributed by atoms with Crippen molar-refractivity contribution in [2.24, 2.45) is 5.73 Å². The van der Waals surface area contributed by atoms with Crippen LogP contribution in [0.25, 0.3) is 21.8 Å². The quantitative estimate of drug-likeness (QED) is 0.399. The smallest absolute Gasteiger partial charge is 0.366 e. The van der Waals surface area contributed by atoms with Gasteiger partial charge >= 0.3 is 6.18 Å². The molecule has 1 amide bonds. The van der Waals surface area contributed by atoms with E-state index in [1.54, 1.807) is 22.8 Å². The first-order valence-electron chi connectivity index (χ1n) is 9.81. The maximum absolute atomic E-state index is 14.6. The lowest BCUT2D eigenvalue weighted by Crippen LogP contribution is -2.11. The highest BCUT2D eigenvalue weighted by Gasteiger charge is 2.31. The van der Waals surface area contributed by atoms with Crippen LogP contribution in [0.3, 0.4) is 0 Å². The van der Waals surface area contributed by atoms with Gasteiger partial charge in [-0.3, -0.25) is 4.79 Å². The molecule has 4 aromatic rings. The minimum absolute atomic E-state index is 0.00436. The predicted molar refractivity (Wildman–Crippen MR) is 111 cm³/mol. The van der Waals surface area contributed by atoms with Crippen LogP contribution in [0.5, 0.6) is 0 Å². The zero-order valence-corrected chi connectivity index (χ0v) is 16.7. The van der Waals surface area contributed by atoms with Crippen molar-refractivity contribution in [3.63, 3.8) is 0 Å². The summed E-state index contributed by atoms with van der Waals surface area (Å²) in [4.78, 5) is 12.0. The number of hydrogen-bond acceptors (Lipinski definition) is 1. The van der Waals surface area contributed by atoms with Crippen LogP contribution < -0.4 is 5.73 Å². The summed E-state index contributed by atoms with van der Waals surface area (Å²) in [6, 6.07) is 14.6. The SMILES string of the molecule is CCCc1c[c]c2c3c(C(N)=O)cccc3n(Cc3ccc(C(F)(F)F)cc3F)c2c1. The molecule has 0 unspecified atom stereocenters. The normalized spacial score (nSPS) is 12.0. The standard InChI is InChI=1S/C24H19F4N2O/c1-2-4-14-7-10-17-21(11-14)30(20-6-3-5-18(22(17)20)23(29)31)13-15-8-9-16(12-19(15)25)24(26,27)28/h3,5-9,11-12H,2,4,13H2,1H3,(H2,29,31). The van der Waals surface area contributed by atoms with Crippen LogP contribution in [0.1, 0.15) is 40.4 Å². The molecule has 0 bridgehead atoms. The van der Waals surface area contributed by atoms with E-state index in [4.69, 9.17) is 5.73 Å². The van der Waals surface area contributed by atoms with E-state index in [1.165, 1.54) is 0 Å². The Morgan fingerprint density at radius 3 is 2.55 bits per heavy atom. The Balaban J connectivity index is 1.94. The monoisotopic (exact) mass is 427 g/mol. The fraction of sp³-hybridized carbons (Fsp3) is 0.208. The highest BCUT2D eigenvalue weighted by atomic mass is 19.4. The third kappa shape index (κ3) is 3.76. The lowest BCUT2D eigenvalue weighted by Gasteiger charge is -2.12. The van der Waals surface area contributed by atoms with Crippen molar-refractivity contribution in [1.29, 1.82) is 0 Å². The van der Waals surface area contributed by atoms with Crippen LogP contribution in [0.4, 0.5) is 17.6 Å². The average Bonchev–Trinajstić information content (AvgIpc) is 3.02. The molecular formula is C24H19F4N2O. The Morgan fingerprint density at radius 1 is 1.13 bits per heavy atom. The number of carbonyl (C=O) groups excluding carboxylic acids is 1. The molecule has 0 spiro atoms. The fourth-order valence-corrected chi connectivity index (χ4v) is 3.93. The van der Waals surface area contributed by atoms with E-state index >= 15 is 0 Å². The van der Waals surface area contributed by atoms with Gasteiger partial charge in [-0.05, 0) is 48.4 Å². The first-order valence-corrected chi connectivity index (χ1v) is 9.81. The molecule has 0 aliphatic rings. The Kier molecular flexibility index (Phi) is 5.21. The van der Waals surface area contributed by atoms with Crippen molar-refractivity contribution in [3.05, 3.63) is 82.7 Å². The van der Waals surface area contributed by atoms with Gasteiger partial charge in [0.25, 0.3) is 0 Å². The first-order chi connectivity index (χ1) is 14.7. The van der Waals surface area contributed by atoms with Crippen molar-refractivity contribution in [2.75, 3.05) is 0 Å². The number of fused-ring (bicyclic) bond motifs is 3. The van der Waals surface area contributed by atoms with Gasteiger partial charge in [-0.2, -0.15) is 13.2 Å². The number of hydrogen-bond donors (Lipinski definition) is 1. The van der Waals surface area contributed by atoms with E-state index in [2.05, 4.69) is 6.07 Å². The van der Waals surface area contributed by atoms with Crippen LogP contribution >= 0.6 is 0 Å². The summed E-state index contributed by atoms with van der Waals surface area (Å²) in [6.45, 7) is 2.04. The van der Waals surface area contributed by atoms with Gasteiger partial charge in [0.1, 0.15) is 5.82 Å². The van der Waals surface area contributed by atoms with Crippen LogP contribution in [-0.2, 0) is 19.1 Å². The van der Waals surface area contributed by atoms with Crippen molar-refractivity contribution >= 4 is 27.7 Å². The molecule has 7 heteroatoms. The summed E-state index contributed by atoms with van der Waals surface area (Å²) in [7, 11) is 0. The second kappa shape index (κ2) is 7.72. The number of primary amides is 1. The molecule has 4 rings (SSSR count). The summed E-state index contributed by atoms with van der Waals surface area (Å²) >= 11 is 0.